The molecule has 1 N–H and O–H groups in total. The number of aromatic nitrogens is 3. The smallest absolute Gasteiger partial charge is 0.381 e. The number of alkyl halides is 3. The van der Waals surface area contributed by atoms with Gasteiger partial charge in [-0.15, -0.1) is 0 Å². The Morgan fingerprint density at radius 3 is 2.32 bits per heavy atom. The van der Waals surface area contributed by atoms with Crippen molar-refractivity contribution in [3.63, 3.8) is 0 Å². The summed E-state index contributed by atoms with van der Waals surface area (Å²) in [6.45, 7) is 1.24. The molecule has 11 heteroatoms. The molecule has 148 valence electrons. The first kappa shape index (κ1) is 19.7. The van der Waals surface area contributed by atoms with E-state index in [2.05, 4.69) is 15.6 Å². The standard InChI is InChI=1S/C17H15F3N4O3S/c1-11-15(17(18,19)20)22-24(14-9-8-13(10-21-14)28(2,25)26)16(11)23-27-12-6-4-3-5-7-12/h3-10,23H,1-2H3. The first-order valence-electron chi connectivity index (χ1n) is 7.88. The van der Waals surface area contributed by atoms with E-state index >= 15 is 0 Å². The third-order valence-corrected chi connectivity index (χ3v) is 4.86. The number of anilines is 1. The van der Waals surface area contributed by atoms with Crippen LogP contribution in [0, 0.1) is 6.92 Å². The fourth-order valence-electron chi connectivity index (χ4n) is 2.36. The number of sulfone groups is 1. The Balaban J connectivity index is 2.03. The highest BCUT2D eigenvalue weighted by molar-refractivity contribution is 7.90. The minimum absolute atomic E-state index is 0.00911. The van der Waals surface area contributed by atoms with Crippen LogP contribution in [-0.4, -0.2) is 29.4 Å². The zero-order valence-corrected chi connectivity index (χ0v) is 15.5. The summed E-state index contributed by atoms with van der Waals surface area (Å²) in [7, 11) is -3.50. The van der Waals surface area contributed by atoms with Gasteiger partial charge in [0.05, 0.1) is 4.90 Å². The van der Waals surface area contributed by atoms with Gasteiger partial charge in [-0.3, -0.25) is 0 Å². The monoisotopic (exact) mass is 412 g/mol. The van der Waals surface area contributed by atoms with E-state index in [-0.39, 0.29) is 22.1 Å². The van der Waals surface area contributed by atoms with Gasteiger partial charge >= 0.3 is 6.18 Å². The highest BCUT2D eigenvalue weighted by atomic mass is 32.2. The van der Waals surface area contributed by atoms with Crippen molar-refractivity contribution in [2.45, 2.75) is 18.0 Å². The summed E-state index contributed by atoms with van der Waals surface area (Å²) in [5.74, 6) is 0.282. The molecule has 2 aromatic heterocycles. The van der Waals surface area contributed by atoms with E-state index in [9.17, 15) is 21.6 Å². The van der Waals surface area contributed by atoms with Crippen LogP contribution in [-0.2, 0) is 16.0 Å². The van der Waals surface area contributed by atoms with Gasteiger partial charge in [-0.2, -0.15) is 23.0 Å². The second-order valence-electron chi connectivity index (χ2n) is 5.87. The number of halogens is 3. The number of rotatable bonds is 5. The highest BCUT2D eigenvalue weighted by Crippen LogP contribution is 2.35. The highest BCUT2D eigenvalue weighted by Gasteiger charge is 2.38. The number of benzene rings is 1. The number of nitrogens with zero attached hydrogens (tertiary/aromatic N) is 3. The van der Waals surface area contributed by atoms with E-state index in [0.29, 0.717) is 5.75 Å². The summed E-state index contributed by atoms with van der Waals surface area (Å²) in [4.78, 5) is 9.20. The molecule has 0 aliphatic carbocycles. The lowest BCUT2D eigenvalue weighted by molar-refractivity contribution is -0.141. The van der Waals surface area contributed by atoms with Crippen LogP contribution in [0.25, 0.3) is 5.82 Å². The van der Waals surface area contributed by atoms with Crippen molar-refractivity contribution in [2.24, 2.45) is 0 Å². The average molecular weight is 412 g/mol. The number of hydrogen-bond acceptors (Lipinski definition) is 6. The molecule has 0 aliphatic rings. The molecule has 3 aromatic rings. The van der Waals surface area contributed by atoms with Gasteiger partial charge in [-0.1, -0.05) is 18.2 Å². The molecule has 0 radical (unpaired) electrons. The Kier molecular flexibility index (Phi) is 5.02. The van der Waals surface area contributed by atoms with Crippen LogP contribution in [0.5, 0.6) is 5.75 Å². The molecule has 2 heterocycles. The molecule has 28 heavy (non-hydrogen) atoms. The SMILES string of the molecule is Cc1c(C(F)(F)F)nn(-c2ccc(S(C)(=O)=O)cn2)c1NOc1ccccc1. The van der Waals surface area contributed by atoms with E-state index in [1.807, 2.05) is 0 Å². The van der Waals surface area contributed by atoms with Crippen molar-refractivity contribution >= 4 is 15.7 Å². The zero-order chi connectivity index (χ0) is 20.5. The van der Waals surface area contributed by atoms with E-state index in [1.54, 1.807) is 30.3 Å². The Morgan fingerprint density at radius 1 is 1.11 bits per heavy atom. The number of hydrogen-bond donors (Lipinski definition) is 1. The molecule has 7 nitrogen and oxygen atoms in total. The Labute approximate surface area is 158 Å². The van der Waals surface area contributed by atoms with Crippen LogP contribution >= 0.6 is 0 Å². The van der Waals surface area contributed by atoms with E-state index < -0.39 is 21.7 Å². The number of nitrogens with one attached hydrogen (secondary N) is 1. The minimum atomic E-state index is -4.69. The van der Waals surface area contributed by atoms with Crippen LogP contribution in [0.3, 0.4) is 0 Å². The van der Waals surface area contributed by atoms with Gasteiger partial charge in [0.15, 0.2) is 32.9 Å². The van der Waals surface area contributed by atoms with E-state index in [1.165, 1.54) is 19.1 Å². The third-order valence-electron chi connectivity index (χ3n) is 3.77. The quantitative estimate of drug-likeness (QED) is 0.647. The summed E-state index contributed by atoms with van der Waals surface area (Å²) in [6.07, 6.45) is -2.63. The van der Waals surface area contributed by atoms with Crippen LogP contribution in [0.15, 0.2) is 53.6 Å². The first-order chi connectivity index (χ1) is 13.1. The second kappa shape index (κ2) is 7.15. The van der Waals surface area contributed by atoms with Gasteiger partial charge in [-0.25, -0.2) is 18.9 Å². The fourth-order valence-corrected chi connectivity index (χ4v) is 2.92. The predicted octanol–water partition coefficient (Wildman–Crippen LogP) is 3.40. The van der Waals surface area contributed by atoms with E-state index in [4.69, 9.17) is 4.84 Å². The fraction of sp³-hybridized carbons (Fsp3) is 0.176. The summed E-state index contributed by atoms with van der Waals surface area (Å²) in [5.41, 5.74) is 1.17. The lowest BCUT2D eigenvalue weighted by Gasteiger charge is -2.11. The maximum Gasteiger partial charge on any atom is 0.435 e. The van der Waals surface area contributed by atoms with E-state index in [0.717, 1.165) is 17.1 Å². The molecule has 0 saturated carbocycles. The van der Waals surface area contributed by atoms with Crippen LogP contribution in [0.2, 0.25) is 0 Å². The molecular weight excluding hydrogens is 397 g/mol. The lowest BCUT2D eigenvalue weighted by Crippen LogP contribution is -2.12. The maximum atomic E-state index is 13.3. The molecular formula is C17H15F3N4O3S. The molecule has 0 fully saturated rings. The van der Waals surface area contributed by atoms with Crippen molar-refractivity contribution in [1.29, 1.82) is 0 Å². The van der Waals surface area contributed by atoms with Gasteiger partial charge in [0.2, 0.25) is 0 Å². The normalized spacial score (nSPS) is 12.0. The molecule has 0 aliphatic heterocycles. The summed E-state index contributed by atoms with van der Waals surface area (Å²) in [5, 5.41) is 3.59. The van der Waals surface area contributed by atoms with Crippen molar-refractivity contribution in [3.8, 4) is 11.6 Å². The number of para-hydroxylation sites is 1. The zero-order valence-electron chi connectivity index (χ0n) is 14.7. The van der Waals surface area contributed by atoms with Gasteiger partial charge < -0.3 is 4.84 Å². The average Bonchev–Trinajstić information content (AvgIpc) is 2.97. The number of pyridine rings is 1. The molecule has 0 spiro atoms. The Hall–Kier alpha value is -3.08. The first-order valence-corrected chi connectivity index (χ1v) is 9.77. The lowest BCUT2D eigenvalue weighted by atomic mass is 10.2. The van der Waals surface area contributed by atoms with Gasteiger partial charge in [0.25, 0.3) is 0 Å². The molecule has 1 aromatic carbocycles. The van der Waals surface area contributed by atoms with Gasteiger partial charge in [0.1, 0.15) is 0 Å². The molecule has 3 rings (SSSR count). The van der Waals surface area contributed by atoms with Crippen molar-refractivity contribution in [1.82, 2.24) is 14.8 Å². The largest absolute Gasteiger partial charge is 0.435 e. The van der Waals surface area contributed by atoms with Crippen molar-refractivity contribution < 1.29 is 26.4 Å². The van der Waals surface area contributed by atoms with Crippen molar-refractivity contribution in [3.05, 3.63) is 59.9 Å². The second-order valence-corrected chi connectivity index (χ2v) is 7.89. The van der Waals surface area contributed by atoms with Crippen molar-refractivity contribution in [2.75, 3.05) is 11.7 Å². The Bertz CT molecular complexity index is 1080. The summed E-state index contributed by atoms with van der Waals surface area (Å²) < 4.78 is 63.9. The molecule has 0 unspecified atom stereocenters. The van der Waals surface area contributed by atoms with Crippen LogP contribution in [0.4, 0.5) is 19.0 Å². The third kappa shape index (κ3) is 4.09. The summed E-state index contributed by atoms with van der Waals surface area (Å²) >= 11 is 0. The van der Waals surface area contributed by atoms with Crippen LogP contribution in [0.1, 0.15) is 11.3 Å². The predicted molar refractivity (Wildman–Crippen MR) is 94.9 cm³/mol. The molecule has 0 saturated heterocycles. The Morgan fingerprint density at radius 2 is 1.79 bits per heavy atom. The minimum Gasteiger partial charge on any atom is -0.381 e. The van der Waals surface area contributed by atoms with Gasteiger partial charge in [0, 0.05) is 18.0 Å². The van der Waals surface area contributed by atoms with Gasteiger partial charge in [-0.05, 0) is 31.2 Å². The maximum absolute atomic E-state index is 13.3. The topological polar surface area (TPSA) is 86.1 Å². The molecule has 0 atom stereocenters. The molecule has 0 amide bonds. The summed E-state index contributed by atoms with van der Waals surface area (Å²) in [6, 6.07) is 10.9. The molecule has 0 bridgehead atoms. The van der Waals surface area contributed by atoms with Crippen LogP contribution < -0.4 is 10.3 Å².